The van der Waals surface area contributed by atoms with Gasteiger partial charge in [-0.3, -0.25) is 14.8 Å². The van der Waals surface area contributed by atoms with Gasteiger partial charge in [-0.15, -0.1) is 0 Å². The minimum absolute atomic E-state index is 0.0515. The second-order valence-corrected chi connectivity index (χ2v) is 7.21. The molecule has 0 aliphatic heterocycles. The fourth-order valence-corrected chi connectivity index (χ4v) is 2.90. The molecule has 2 rings (SSSR count). The second kappa shape index (κ2) is 10.5. The van der Waals surface area contributed by atoms with E-state index in [-0.39, 0.29) is 5.56 Å². The van der Waals surface area contributed by atoms with Crippen LogP contribution >= 0.6 is 11.5 Å². The fraction of sp³-hybridized carbons (Fsp3) is 0.263. The van der Waals surface area contributed by atoms with Crippen molar-refractivity contribution in [3.05, 3.63) is 52.5 Å². The number of alkyl halides is 2. The van der Waals surface area contributed by atoms with Gasteiger partial charge in [-0.2, -0.15) is 4.37 Å². The molecule has 0 saturated carbocycles. The molecule has 0 fully saturated rings. The Morgan fingerprint density at radius 3 is 2.35 bits per heavy atom. The molecule has 5 N–H and O–H groups in total. The van der Waals surface area contributed by atoms with Crippen LogP contribution in [0.2, 0.25) is 0 Å². The average Bonchev–Trinajstić information content (AvgIpc) is 3.29. The number of nitrogens with zero attached hydrogens (tertiary/aromatic N) is 1. The van der Waals surface area contributed by atoms with Crippen LogP contribution in [0.1, 0.15) is 27.7 Å². The lowest BCUT2D eigenvalue weighted by Gasteiger charge is -2.36. The van der Waals surface area contributed by atoms with Crippen LogP contribution in [-0.4, -0.2) is 52.5 Å². The number of nitrogens with one attached hydrogen (secondary N) is 4. The molecule has 1 aromatic heterocycles. The van der Waals surface area contributed by atoms with Crippen LogP contribution in [0.4, 0.5) is 13.6 Å². The molecule has 2 unspecified atom stereocenters. The molecule has 0 radical (unpaired) electrons. The Labute approximate surface area is 180 Å². The summed E-state index contributed by atoms with van der Waals surface area (Å²) in [5, 5.41) is 15.1. The first-order valence-electron chi connectivity index (χ1n) is 8.77. The smallest absolute Gasteiger partial charge is 0.315 e. The number of halogens is 2. The number of urea groups is 1. The average molecular weight is 451 g/mol. The number of hydroxylamine groups is 1. The van der Waals surface area contributed by atoms with Gasteiger partial charge in [0, 0.05) is 24.4 Å². The lowest BCUT2D eigenvalue weighted by Crippen LogP contribution is -2.69. The summed E-state index contributed by atoms with van der Waals surface area (Å²) in [5.74, 6) is 3.57. The third kappa shape index (κ3) is 5.97. The quantitative estimate of drug-likeness (QED) is 0.255. The van der Waals surface area contributed by atoms with Gasteiger partial charge in [0.15, 0.2) is 0 Å². The van der Waals surface area contributed by atoms with E-state index in [1.807, 2.05) is 5.32 Å². The lowest BCUT2D eigenvalue weighted by molar-refractivity contribution is -0.135. The summed E-state index contributed by atoms with van der Waals surface area (Å²) in [5.41, 5.74) is -0.651. The molecule has 9 nitrogen and oxygen atoms in total. The molecule has 1 heterocycles. The van der Waals surface area contributed by atoms with Crippen molar-refractivity contribution in [2.24, 2.45) is 0 Å². The Morgan fingerprint density at radius 2 is 1.84 bits per heavy atom. The van der Waals surface area contributed by atoms with Crippen LogP contribution < -0.4 is 21.4 Å². The maximum atomic E-state index is 13.8. The molecular weight excluding hydrogens is 432 g/mol. The van der Waals surface area contributed by atoms with Crippen LogP contribution in [0.5, 0.6) is 0 Å². The molecule has 12 heteroatoms. The number of aromatic nitrogens is 1. The minimum Gasteiger partial charge on any atom is -0.341 e. The summed E-state index contributed by atoms with van der Waals surface area (Å²) in [6.45, 7) is 0.866. The highest BCUT2D eigenvalue weighted by atomic mass is 32.1. The van der Waals surface area contributed by atoms with E-state index in [0.29, 0.717) is 5.56 Å². The molecule has 0 aliphatic rings. The zero-order valence-electron chi connectivity index (χ0n) is 16.4. The minimum atomic E-state index is -3.27. The number of amides is 4. The maximum Gasteiger partial charge on any atom is 0.315 e. The monoisotopic (exact) mass is 451 g/mol. The largest absolute Gasteiger partial charge is 0.341 e. The predicted molar refractivity (Wildman–Crippen MR) is 108 cm³/mol. The van der Waals surface area contributed by atoms with Crippen LogP contribution in [0.15, 0.2) is 36.5 Å². The third-order valence-electron chi connectivity index (χ3n) is 4.23. The second-order valence-electron chi connectivity index (χ2n) is 6.37. The fourth-order valence-electron chi connectivity index (χ4n) is 2.45. The van der Waals surface area contributed by atoms with E-state index < -0.39 is 35.9 Å². The van der Waals surface area contributed by atoms with E-state index in [1.165, 1.54) is 36.2 Å². The van der Waals surface area contributed by atoms with Crippen molar-refractivity contribution in [1.29, 1.82) is 0 Å². The van der Waals surface area contributed by atoms with Gasteiger partial charge in [0.05, 0.1) is 4.88 Å². The van der Waals surface area contributed by atoms with Crippen molar-refractivity contribution in [2.45, 2.75) is 24.9 Å². The Morgan fingerprint density at radius 1 is 1.16 bits per heavy atom. The number of rotatable bonds is 6. The number of carbonyl (C=O) groups is 3. The summed E-state index contributed by atoms with van der Waals surface area (Å²) in [4.78, 5) is 37.0. The summed E-state index contributed by atoms with van der Waals surface area (Å²) in [6, 6.07) is 4.62. The van der Waals surface area contributed by atoms with Crippen LogP contribution in [0.3, 0.4) is 0 Å². The molecule has 4 amide bonds. The molecule has 164 valence electrons. The van der Waals surface area contributed by atoms with Crippen LogP contribution in [0, 0.1) is 11.8 Å². The highest BCUT2D eigenvalue weighted by Crippen LogP contribution is 2.21. The number of benzene rings is 1. The lowest BCUT2D eigenvalue weighted by atomic mass is 9.91. The van der Waals surface area contributed by atoms with Crippen LogP contribution in [0.25, 0.3) is 0 Å². The first kappa shape index (κ1) is 23.7. The SMILES string of the molecule is CNC(=O)NC(C)(C(F)F)C(NC(=O)c1ccc(C#Cc2ccns2)cc1)C(=O)NO. The van der Waals surface area contributed by atoms with Crippen molar-refractivity contribution in [3.8, 4) is 11.8 Å². The van der Waals surface area contributed by atoms with Gasteiger partial charge < -0.3 is 16.0 Å². The molecule has 31 heavy (non-hydrogen) atoms. The van der Waals surface area contributed by atoms with E-state index in [2.05, 4.69) is 26.8 Å². The first-order chi connectivity index (χ1) is 14.7. The third-order valence-corrected chi connectivity index (χ3v) is 4.89. The van der Waals surface area contributed by atoms with Crippen molar-refractivity contribution in [2.75, 3.05) is 7.05 Å². The molecule has 0 bridgehead atoms. The van der Waals surface area contributed by atoms with E-state index in [9.17, 15) is 23.2 Å². The zero-order chi connectivity index (χ0) is 23.0. The standard InChI is InChI=1S/C19H19F2N5O4S/c1-19(17(20)21,25-18(29)22-2)14(16(28)26-30)24-15(27)12-6-3-11(4-7-12)5-8-13-9-10-23-31-13/h3-4,6-7,9-10,14,17,30H,1-2H3,(H,24,27)(H,26,28)(H2,22,25,29). The first-order valence-corrected chi connectivity index (χ1v) is 9.54. The maximum absolute atomic E-state index is 13.8. The highest BCUT2D eigenvalue weighted by molar-refractivity contribution is 7.06. The van der Waals surface area contributed by atoms with Gasteiger partial charge in [0.1, 0.15) is 11.6 Å². The van der Waals surface area contributed by atoms with Gasteiger partial charge in [0.25, 0.3) is 18.2 Å². The van der Waals surface area contributed by atoms with E-state index in [4.69, 9.17) is 5.21 Å². The van der Waals surface area contributed by atoms with Gasteiger partial charge in [0.2, 0.25) is 0 Å². The van der Waals surface area contributed by atoms with E-state index >= 15 is 0 Å². The van der Waals surface area contributed by atoms with Crippen LogP contribution in [-0.2, 0) is 4.79 Å². The molecule has 0 aliphatic carbocycles. The summed E-state index contributed by atoms with van der Waals surface area (Å²) < 4.78 is 31.4. The Bertz CT molecular complexity index is 989. The number of carbonyl (C=O) groups excluding carboxylic acids is 3. The molecule has 0 spiro atoms. The topological polar surface area (TPSA) is 132 Å². The zero-order valence-corrected chi connectivity index (χ0v) is 17.2. The summed E-state index contributed by atoms with van der Waals surface area (Å²) >= 11 is 1.23. The summed E-state index contributed by atoms with van der Waals surface area (Å²) in [6.07, 6.45) is -1.65. The van der Waals surface area contributed by atoms with Gasteiger partial charge in [-0.25, -0.2) is 19.1 Å². The van der Waals surface area contributed by atoms with Crippen molar-refractivity contribution in [3.63, 3.8) is 0 Å². The molecule has 2 atom stereocenters. The van der Waals surface area contributed by atoms with Crippen molar-refractivity contribution >= 4 is 29.4 Å². The number of hydrogen-bond acceptors (Lipinski definition) is 6. The highest BCUT2D eigenvalue weighted by Gasteiger charge is 2.48. The molecule has 0 saturated heterocycles. The van der Waals surface area contributed by atoms with Gasteiger partial charge in [-0.05, 0) is 54.7 Å². The van der Waals surface area contributed by atoms with Crippen molar-refractivity contribution < 1.29 is 28.4 Å². The number of hydrogen-bond donors (Lipinski definition) is 5. The van der Waals surface area contributed by atoms with Gasteiger partial charge in [-0.1, -0.05) is 5.92 Å². The molecule has 2 aromatic rings. The van der Waals surface area contributed by atoms with Gasteiger partial charge >= 0.3 is 6.03 Å². The molecular formula is C19H19F2N5O4S. The Hall–Kier alpha value is -3.56. The summed E-state index contributed by atoms with van der Waals surface area (Å²) in [7, 11) is 1.19. The van der Waals surface area contributed by atoms with Crippen molar-refractivity contribution in [1.82, 2.24) is 25.8 Å². The predicted octanol–water partition coefficient (Wildman–Crippen LogP) is 1.10. The molecule has 1 aromatic carbocycles. The normalized spacial score (nSPS) is 13.2. The van der Waals surface area contributed by atoms with E-state index in [0.717, 1.165) is 11.8 Å². The Kier molecular flexibility index (Phi) is 8.00. The van der Waals surface area contributed by atoms with E-state index in [1.54, 1.807) is 24.4 Å². The Balaban J connectivity index is 2.23.